The van der Waals surface area contributed by atoms with Crippen molar-refractivity contribution in [2.45, 2.75) is 89.9 Å². The van der Waals surface area contributed by atoms with Gasteiger partial charge in [-0.3, -0.25) is 0 Å². The number of esters is 2. The quantitative estimate of drug-likeness (QED) is 0.0943. The van der Waals surface area contributed by atoms with Crippen LogP contribution in [0.25, 0.3) is 11.1 Å². The van der Waals surface area contributed by atoms with Gasteiger partial charge in [0, 0.05) is 43.3 Å². The first-order valence-corrected chi connectivity index (χ1v) is 15.1. The van der Waals surface area contributed by atoms with Crippen LogP contribution in [0.2, 0.25) is 0 Å². The van der Waals surface area contributed by atoms with E-state index >= 15 is 0 Å². The van der Waals surface area contributed by atoms with E-state index in [1.54, 1.807) is 12.1 Å². The molecule has 3 rings (SSSR count). The predicted octanol–water partition coefficient (Wildman–Crippen LogP) is 7.68. The molecule has 0 saturated heterocycles. The van der Waals surface area contributed by atoms with Crippen LogP contribution in [0, 0.1) is 5.92 Å². The van der Waals surface area contributed by atoms with E-state index in [-0.39, 0.29) is 48.7 Å². The first-order chi connectivity index (χ1) is 19.8. The SMILES string of the molecule is C=C(CCO)C(=O)Oc1cc(OC(=O)C(=C)CCO)cc(-c2ccc(C3CCC(CCCCCCC)CC3)cc2)c1. The molecule has 0 aromatic heterocycles. The number of unbranched alkanes of at least 4 members (excludes halogenated alkanes) is 4. The van der Waals surface area contributed by atoms with Gasteiger partial charge in [-0.05, 0) is 66.3 Å². The van der Waals surface area contributed by atoms with E-state index in [0.717, 1.165) is 17.0 Å². The maximum atomic E-state index is 12.4. The summed E-state index contributed by atoms with van der Waals surface area (Å²) in [5, 5.41) is 18.2. The van der Waals surface area contributed by atoms with Crippen LogP contribution in [0.3, 0.4) is 0 Å². The van der Waals surface area contributed by atoms with E-state index in [4.69, 9.17) is 19.7 Å². The first kappa shape index (κ1) is 32.3. The van der Waals surface area contributed by atoms with Crippen molar-refractivity contribution in [3.05, 3.63) is 72.3 Å². The highest BCUT2D eigenvalue weighted by molar-refractivity contribution is 5.91. The third-order valence-electron chi connectivity index (χ3n) is 7.98. The van der Waals surface area contributed by atoms with Crippen LogP contribution in [0.15, 0.2) is 66.8 Å². The Hall–Kier alpha value is -3.22. The van der Waals surface area contributed by atoms with Crippen LogP contribution >= 0.6 is 0 Å². The van der Waals surface area contributed by atoms with Crippen LogP contribution < -0.4 is 9.47 Å². The van der Waals surface area contributed by atoms with Gasteiger partial charge in [-0.15, -0.1) is 0 Å². The zero-order valence-electron chi connectivity index (χ0n) is 24.5. The molecule has 6 heteroatoms. The topological polar surface area (TPSA) is 93.1 Å². The van der Waals surface area contributed by atoms with Gasteiger partial charge in [0.15, 0.2) is 0 Å². The molecule has 6 nitrogen and oxygen atoms in total. The molecular formula is C35H46O6. The molecule has 2 aromatic carbocycles. The minimum Gasteiger partial charge on any atom is -0.423 e. The summed E-state index contributed by atoms with van der Waals surface area (Å²) >= 11 is 0. The molecule has 0 amide bonds. The van der Waals surface area contributed by atoms with Crippen LogP contribution in [0.5, 0.6) is 11.5 Å². The normalized spacial score (nSPS) is 16.7. The average molecular weight is 563 g/mol. The number of hydrogen-bond acceptors (Lipinski definition) is 6. The summed E-state index contributed by atoms with van der Waals surface area (Å²) in [5.74, 6) is 0.494. The fraction of sp³-hybridized carbons (Fsp3) is 0.486. The molecule has 2 N–H and O–H groups in total. The van der Waals surface area contributed by atoms with Gasteiger partial charge >= 0.3 is 11.9 Å². The number of aliphatic hydroxyl groups excluding tert-OH is 2. The highest BCUT2D eigenvalue weighted by Crippen LogP contribution is 2.39. The molecule has 1 aliphatic rings. The Bertz CT molecular complexity index is 1110. The Balaban J connectivity index is 1.71. The molecule has 1 aliphatic carbocycles. The largest absolute Gasteiger partial charge is 0.423 e. The van der Waals surface area contributed by atoms with Gasteiger partial charge in [-0.25, -0.2) is 9.59 Å². The predicted molar refractivity (Wildman–Crippen MR) is 163 cm³/mol. The lowest BCUT2D eigenvalue weighted by atomic mass is 9.77. The second-order valence-corrected chi connectivity index (χ2v) is 11.2. The lowest BCUT2D eigenvalue weighted by Crippen LogP contribution is -2.13. The Morgan fingerprint density at radius 3 is 1.80 bits per heavy atom. The van der Waals surface area contributed by atoms with Gasteiger partial charge in [0.05, 0.1) is 0 Å². The van der Waals surface area contributed by atoms with Crippen molar-refractivity contribution in [2.75, 3.05) is 13.2 Å². The van der Waals surface area contributed by atoms with E-state index in [1.165, 1.54) is 75.8 Å². The Labute approximate surface area is 245 Å². The molecule has 0 heterocycles. The Kier molecular flexibility index (Phi) is 13.3. The summed E-state index contributed by atoms with van der Waals surface area (Å²) in [5.41, 5.74) is 3.24. The second kappa shape index (κ2) is 16.9. The molecule has 0 aliphatic heterocycles. The minimum atomic E-state index is -0.662. The third-order valence-corrected chi connectivity index (χ3v) is 7.98. The van der Waals surface area contributed by atoms with Crippen molar-refractivity contribution in [1.82, 2.24) is 0 Å². The van der Waals surface area contributed by atoms with Gasteiger partial charge in [-0.1, -0.05) is 82.9 Å². The van der Waals surface area contributed by atoms with Crippen molar-refractivity contribution in [2.24, 2.45) is 5.92 Å². The molecule has 41 heavy (non-hydrogen) atoms. The number of carbonyl (C=O) groups excluding carboxylic acids is 2. The Morgan fingerprint density at radius 2 is 1.29 bits per heavy atom. The third kappa shape index (κ3) is 10.3. The first-order valence-electron chi connectivity index (χ1n) is 15.1. The van der Waals surface area contributed by atoms with Crippen molar-refractivity contribution < 1.29 is 29.3 Å². The van der Waals surface area contributed by atoms with E-state index < -0.39 is 11.9 Å². The summed E-state index contributed by atoms with van der Waals surface area (Å²) < 4.78 is 11.0. The lowest BCUT2D eigenvalue weighted by molar-refractivity contribution is -0.130. The number of carbonyl (C=O) groups is 2. The standard InChI is InChI=1S/C35H46O6/c1-4-5-6-7-8-9-27-10-12-28(13-11-27)29-14-16-30(17-15-29)31-22-32(40-34(38)25(2)18-20-36)24-33(23-31)41-35(39)26(3)19-21-37/h14-17,22-24,27-28,36-37H,2-13,18-21H2,1H3. The number of hydrogen-bond donors (Lipinski definition) is 2. The average Bonchev–Trinajstić information content (AvgIpc) is 2.97. The molecule has 2 aromatic rings. The fourth-order valence-corrected chi connectivity index (χ4v) is 5.46. The lowest BCUT2D eigenvalue weighted by Gasteiger charge is -2.29. The highest BCUT2D eigenvalue weighted by atomic mass is 16.5. The minimum absolute atomic E-state index is 0.101. The van der Waals surface area contributed by atoms with Gasteiger partial charge in [-0.2, -0.15) is 0 Å². The molecular weight excluding hydrogens is 516 g/mol. The van der Waals surface area contributed by atoms with Crippen LogP contribution in [0.4, 0.5) is 0 Å². The summed E-state index contributed by atoms with van der Waals surface area (Å²) in [6.45, 7) is 9.17. The molecule has 0 atom stereocenters. The number of benzene rings is 2. The van der Waals surface area contributed by atoms with Crippen molar-refractivity contribution in [3.63, 3.8) is 0 Å². The zero-order valence-corrected chi connectivity index (χ0v) is 24.5. The Morgan fingerprint density at radius 1 is 0.756 bits per heavy atom. The fourth-order valence-electron chi connectivity index (χ4n) is 5.46. The zero-order chi connectivity index (χ0) is 29.6. The second-order valence-electron chi connectivity index (χ2n) is 11.2. The maximum absolute atomic E-state index is 12.4. The monoisotopic (exact) mass is 562 g/mol. The van der Waals surface area contributed by atoms with Gasteiger partial charge in [0.2, 0.25) is 0 Å². The van der Waals surface area contributed by atoms with Crippen LogP contribution in [0.1, 0.15) is 95.5 Å². The molecule has 1 saturated carbocycles. The van der Waals surface area contributed by atoms with Gasteiger partial charge in [0.25, 0.3) is 0 Å². The number of aliphatic hydroxyl groups is 2. The molecule has 0 unspecified atom stereocenters. The van der Waals surface area contributed by atoms with Crippen molar-refractivity contribution in [3.8, 4) is 22.6 Å². The molecule has 222 valence electrons. The molecule has 0 bridgehead atoms. The van der Waals surface area contributed by atoms with E-state index in [1.807, 2.05) is 0 Å². The van der Waals surface area contributed by atoms with Crippen molar-refractivity contribution >= 4 is 11.9 Å². The van der Waals surface area contributed by atoms with E-state index in [9.17, 15) is 9.59 Å². The summed E-state index contributed by atoms with van der Waals surface area (Å²) in [6, 6.07) is 13.3. The van der Waals surface area contributed by atoms with Crippen LogP contribution in [-0.2, 0) is 9.59 Å². The van der Waals surface area contributed by atoms with Crippen molar-refractivity contribution in [1.29, 1.82) is 0 Å². The van der Waals surface area contributed by atoms with E-state index in [2.05, 4.69) is 44.3 Å². The molecule has 1 fully saturated rings. The smallest absolute Gasteiger partial charge is 0.338 e. The number of ether oxygens (including phenoxy) is 2. The summed E-state index contributed by atoms with van der Waals surface area (Å²) in [7, 11) is 0. The molecule has 0 spiro atoms. The summed E-state index contributed by atoms with van der Waals surface area (Å²) in [4.78, 5) is 24.9. The number of rotatable bonds is 16. The maximum Gasteiger partial charge on any atom is 0.338 e. The van der Waals surface area contributed by atoms with E-state index in [0.29, 0.717) is 5.92 Å². The summed E-state index contributed by atoms with van der Waals surface area (Å²) in [6.07, 6.45) is 13.3. The van der Waals surface area contributed by atoms with Crippen LogP contribution in [-0.4, -0.2) is 35.4 Å². The van der Waals surface area contributed by atoms with Gasteiger partial charge in [0.1, 0.15) is 11.5 Å². The van der Waals surface area contributed by atoms with Gasteiger partial charge < -0.3 is 19.7 Å². The molecule has 0 radical (unpaired) electrons. The highest BCUT2D eigenvalue weighted by Gasteiger charge is 2.22.